The summed E-state index contributed by atoms with van der Waals surface area (Å²) in [5.74, 6) is -2.01. The molecular formula is C112H130N6O20. The molecule has 2 heterocycles. The molecule has 0 saturated heterocycles. The van der Waals surface area contributed by atoms with E-state index >= 15 is 19.2 Å². The van der Waals surface area contributed by atoms with E-state index < -0.39 is 77.3 Å². The van der Waals surface area contributed by atoms with E-state index in [9.17, 15) is 4.79 Å². The van der Waals surface area contributed by atoms with E-state index in [2.05, 4.69) is 0 Å². The van der Waals surface area contributed by atoms with Crippen molar-refractivity contribution in [2.24, 2.45) is 17.2 Å². The second-order valence-electron chi connectivity index (χ2n) is 34.1. The molecule has 0 amide bonds. The highest BCUT2D eigenvalue weighted by Crippen LogP contribution is 2.28. The third kappa shape index (κ3) is 36.0. The van der Waals surface area contributed by atoms with Crippen LogP contribution in [0.15, 0.2) is 325 Å². The SMILES string of the molecule is Cc1cc(C(=O)C(N)CN(CC(N)CCCOC=O)CC(N)C(=O)c2cc(C)n(C(COC(COCc3ccccc3)COCc3ccccc3)COC(COCc3ccccc3)COCc3ccccc3)c(=O)c2OCc2ccccc2)c(OCc2ccccc2)c(=O)n1C(COC(COCc1ccccc1)COCc1ccccc1)COC(COCc1ccccc1)COCc1ccccc1. The number of hydrogen-bond acceptors (Lipinski definition) is 24. The highest BCUT2D eigenvalue weighted by Gasteiger charge is 2.34. The number of aryl methyl sites for hydroxylation is 2. The van der Waals surface area contributed by atoms with E-state index in [1.54, 1.807) is 30.9 Å². The number of hydrogen-bond donors (Lipinski definition) is 3. The number of ether oxygens (including phenoxy) is 15. The first-order chi connectivity index (χ1) is 67.7. The summed E-state index contributed by atoms with van der Waals surface area (Å²) in [7, 11) is 0. The Morgan fingerprint density at radius 2 is 0.529 bits per heavy atom. The zero-order valence-electron chi connectivity index (χ0n) is 78.8. The zero-order chi connectivity index (χ0) is 96.4. The van der Waals surface area contributed by atoms with E-state index in [1.807, 2.05) is 303 Å². The van der Waals surface area contributed by atoms with Gasteiger partial charge in [0, 0.05) is 37.1 Å². The second-order valence-corrected chi connectivity index (χ2v) is 34.1. The minimum atomic E-state index is -1.46. The van der Waals surface area contributed by atoms with Crippen molar-refractivity contribution in [1.82, 2.24) is 14.0 Å². The van der Waals surface area contributed by atoms with Gasteiger partial charge in [-0.25, -0.2) is 0 Å². The van der Waals surface area contributed by atoms with Gasteiger partial charge in [0.05, 0.1) is 174 Å². The topological polar surface area (TPSA) is 315 Å². The van der Waals surface area contributed by atoms with E-state index in [0.29, 0.717) is 41.8 Å². The number of ketones is 2. The molecule has 0 aliphatic carbocycles. The molecule has 2 aromatic heterocycles. The molecule has 10 aromatic carbocycles. The first-order valence-corrected chi connectivity index (χ1v) is 47.0. The van der Waals surface area contributed by atoms with Crippen LogP contribution in [0.25, 0.3) is 0 Å². The fourth-order valence-electron chi connectivity index (χ4n) is 15.7. The minimum absolute atomic E-state index is 0.00127. The lowest BCUT2D eigenvalue weighted by Gasteiger charge is -2.31. The lowest BCUT2D eigenvalue weighted by Crippen LogP contribution is -2.52. The standard InChI is InChI=1S/C112H130N6O20/c1-84-56-103(109(137-69-94-50-29-11-30-51-94)111(122)117(84)97(71-133-99(75-125-61-86-34-13-3-14-35-86)76-126-62-87-36-15-4-16-37-87)72-134-100(77-127-63-88-38-17-5-18-39-88)78-128-64-89-40-19-6-20-41-89)107(120)105(114)59-116(58-96(113)54-33-55-124-83-119)60-106(115)108(121)104-57-85(2)118(112(123)110(104)138-70-95-52-31-12-32-53-95)98(73-135-101(79-129-65-90-42-21-7-22-43-90)80-130-66-91-44-23-8-24-45-91)74-136-102(81-131-67-92-46-25-9-26-47-92)82-132-68-93-48-27-10-28-49-93/h3-32,34-53,56-57,83,96-102,105-106H,33,54-55,58-82,113-115H2,1-2H3. The van der Waals surface area contributed by atoms with Gasteiger partial charge in [-0.1, -0.05) is 303 Å². The number of carbonyl (C=O) groups is 3. The lowest BCUT2D eigenvalue weighted by atomic mass is 10.00. The van der Waals surface area contributed by atoms with Crippen molar-refractivity contribution in [3.63, 3.8) is 0 Å². The smallest absolute Gasteiger partial charge is 0.294 e. The molecule has 0 radical (unpaired) electrons. The third-order valence-corrected chi connectivity index (χ3v) is 22.9. The molecule has 12 rings (SSSR count). The van der Waals surface area contributed by atoms with E-state index in [0.717, 1.165) is 44.5 Å². The molecule has 728 valence electrons. The third-order valence-electron chi connectivity index (χ3n) is 22.9. The number of nitrogens with two attached hydrogens (primary N) is 3. The number of pyridine rings is 2. The zero-order valence-corrected chi connectivity index (χ0v) is 78.8. The lowest BCUT2D eigenvalue weighted by molar-refractivity contribution is -0.128. The molecule has 6 N–H and O–H groups in total. The van der Waals surface area contributed by atoms with Crippen LogP contribution in [0.5, 0.6) is 11.5 Å². The van der Waals surface area contributed by atoms with Gasteiger partial charge in [-0.05, 0) is 94.5 Å². The molecule has 0 aliphatic rings. The van der Waals surface area contributed by atoms with Crippen molar-refractivity contribution in [3.05, 3.63) is 414 Å². The number of benzene rings is 10. The predicted octanol–water partition coefficient (Wildman–Crippen LogP) is 15.4. The molecule has 0 fully saturated rings. The quantitative estimate of drug-likeness (QED) is 0.0181. The Kier molecular flexibility index (Phi) is 45.0. The molecule has 0 saturated carbocycles. The summed E-state index contributed by atoms with van der Waals surface area (Å²) in [5, 5.41) is 0. The Morgan fingerprint density at radius 3 is 0.746 bits per heavy atom. The van der Waals surface area contributed by atoms with Gasteiger partial charge in [-0.15, -0.1) is 0 Å². The van der Waals surface area contributed by atoms with Crippen LogP contribution in [0.3, 0.4) is 0 Å². The van der Waals surface area contributed by atoms with Crippen molar-refractivity contribution < 1.29 is 85.4 Å². The van der Waals surface area contributed by atoms with Gasteiger partial charge in [0.15, 0.2) is 23.1 Å². The Bertz CT molecular complexity index is 4870. The van der Waals surface area contributed by atoms with Gasteiger partial charge in [0.1, 0.15) is 37.6 Å². The van der Waals surface area contributed by atoms with Crippen molar-refractivity contribution in [3.8, 4) is 11.5 Å². The highest BCUT2D eigenvalue weighted by atomic mass is 16.6. The van der Waals surface area contributed by atoms with Crippen LogP contribution in [0.1, 0.15) is 113 Å². The molecule has 26 nitrogen and oxygen atoms in total. The highest BCUT2D eigenvalue weighted by molar-refractivity contribution is 6.03. The van der Waals surface area contributed by atoms with E-state index in [-0.39, 0.29) is 194 Å². The minimum Gasteiger partial charge on any atom is -0.482 e. The van der Waals surface area contributed by atoms with E-state index in [4.69, 9.17) is 88.3 Å². The Morgan fingerprint density at radius 1 is 0.312 bits per heavy atom. The average molecular weight is 1880 g/mol. The first-order valence-electron chi connectivity index (χ1n) is 47.0. The molecular weight excluding hydrogens is 1750 g/mol. The van der Waals surface area contributed by atoms with Crippen molar-refractivity contribution in [2.45, 2.75) is 147 Å². The summed E-state index contributed by atoms with van der Waals surface area (Å²) in [4.78, 5) is 77.4. The van der Waals surface area contributed by atoms with Crippen LogP contribution in [0, 0.1) is 13.8 Å². The van der Waals surface area contributed by atoms with Crippen LogP contribution in [-0.4, -0.2) is 180 Å². The fraction of sp³-hybridized carbons (Fsp3) is 0.348. The largest absolute Gasteiger partial charge is 0.482 e. The molecule has 0 spiro atoms. The van der Waals surface area contributed by atoms with Crippen molar-refractivity contribution in [2.75, 3.05) is 106 Å². The number of nitrogens with zero attached hydrogens (tertiary/aromatic N) is 3. The summed E-state index contributed by atoms with van der Waals surface area (Å²) in [6, 6.07) is 94.4. The van der Waals surface area contributed by atoms with Crippen LogP contribution < -0.4 is 37.8 Å². The Balaban J connectivity index is 0.869. The van der Waals surface area contributed by atoms with E-state index in [1.165, 1.54) is 9.13 Å². The number of aromatic nitrogens is 2. The molecule has 26 heteroatoms. The van der Waals surface area contributed by atoms with Crippen molar-refractivity contribution >= 4 is 18.0 Å². The van der Waals surface area contributed by atoms with Gasteiger partial charge in [0.2, 0.25) is 0 Å². The van der Waals surface area contributed by atoms with Gasteiger partial charge in [-0.2, -0.15) is 0 Å². The number of rotatable bonds is 67. The normalized spacial score (nSPS) is 12.3. The summed E-state index contributed by atoms with van der Waals surface area (Å²) in [6.07, 6.45) is -2.02. The summed E-state index contributed by atoms with van der Waals surface area (Å²) in [5.41, 5.74) is 29.6. The first kappa shape index (κ1) is 105. The fourth-order valence-corrected chi connectivity index (χ4v) is 15.7. The van der Waals surface area contributed by atoms with Gasteiger partial charge >= 0.3 is 0 Å². The van der Waals surface area contributed by atoms with Crippen LogP contribution in [-0.2, 0) is 132 Å². The Hall–Kier alpha value is -12.1. The summed E-state index contributed by atoms with van der Waals surface area (Å²) in [6.45, 7) is 5.58. The van der Waals surface area contributed by atoms with Crippen LogP contribution >= 0.6 is 0 Å². The maximum absolute atomic E-state index is 16.2. The molecule has 0 aliphatic heterocycles. The van der Waals surface area contributed by atoms with Gasteiger partial charge in [0.25, 0.3) is 17.6 Å². The predicted molar refractivity (Wildman–Crippen MR) is 529 cm³/mol. The Labute approximate surface area is 809 Å². The van der Waals surface area contributed by atoms with Crippen LogP contribution in [0.4, 0.5) is 0 Å². The molecule has 3 unspecified atom stereocenters. The maximum atomic E-state index is 16.2. The second kappa shape index (κ2) is 59.2. The molecule has 0 bridgehead atoms. The average Bonchev–Trinajstić information content (AvgIpc) is 0.778. The van der Waals surface area contributed by atoms with Gasteiger partial charge < -0.3 is 97.4 Å². The number of Topliss-reactive ketones (excluding diaryl/α,β-unsaturated/α-hetero) is 2. The monoisotopic (exact) mass is 1880 g/mol. The molecule has 3 atom stereocenters. The van der Waals surface area contributed by atoms with Crippen LogP contribution in [0.2, 0.25) is 0 Å². The summed E-state index contributed by atoms with van der Waals surface area (Å²) >= 11 is 0. The number of carbonyl (C=O) groups excluding carboxylic acids is 3. The van der Waals surface area contributed by atoms with Gasteiger partial charge in [-0.3, -0.25) is 28.9 Å². The molecule has 138 heavy (non-hydrogen) atoms. The molecule has 12 aromatic rings. The maximum Gasteiger partial charge on any atom is 0.294 e. The summed E-state index contributed by atoms with van der Waals surface area (Å²) < 4.78 is 99.9. The van der Waals surface area contributed by atoms with Crippen molar-refractivity contribution in [1.29, 1.82) is 0 Å².